The van der Waals surface area contributed by atoms with Gasteiger partial charge in [-0.25, -0.2) is 0 Å². The molecule has 1 saturated heterocycles. The van der Waals surface area contributed by atoms with Gasteiger partial charge in [0.25, 0.3) is 0 Å². The number of benzene rings is 1. The van der Waals surface area contributed by atoms with Crippen molar-refractivity contribution in [3.8, 4) is 0 Å². The third kappa shape index (κ3) is 1.95. The van der Waals surface area contributed by atoms with Gasteiger partial charge in [-0.1, -0.05) is 18.2 Å². The molecule has 2 heteroatoms. The van der Waals surface area contributed by atoms with Crippen LogP contribution in [0.4, 0.5) is 5.69 Å². The van der Waals surface area contributed by atoms with Gasteiger partial charge in [-0.15, -0.1) is 0 Å². The minimum Gasteiger partial charge on any atom is -0.381 e. The molecule has 1 nitrogen and oxygen atoms in total. The zero-order chi connectivity index (χ0) is 8.23. The summed E-state index contributed by atoms with van der Waals surface area (Å²) in [5, 5.41) is 3.52. The van der Waals surface area contributed by atoms with Crippen molar-refractivity contribution in [1.29, 1.82) is 0 Å². The highest BCUT2D eigenvalue weighted by Gasteiger charge is 2.14. The molecule has 0 amide bonds. The number of hydrogen-bond acceptors (Lipinski definition) is 2. The first-order valence-corrected chi connectivity index (χ1v) is 5.50. The molecule has 0 saturated carbocycles. The zero-order valence-corrected chi connectivity index (χ0v) is 7.81. The highest BCUT2D eigenvalue weighted by molar-refractivity contribution is 7.99. The van der Waals surface area contributed by atoms with E-state index in [1.54, 1.807) is 0 Å². The monoisotopic (exact) mass is 179 g/mol. The molecule has 2 rings (SSSR count). The Balaban J connectivity index is 1.94. The van der Waals surface area contributed by atoms with Crippen molar-refractivity contribution < 1.29 is 0 Å². The molecule has 1 aromatic carbocycles. The number of nitrogens with one attached hydrogen (secondary N) is 1. The highest BCUT2D eigenvalue weighted by Crippen LogP contribution is 2.20. The van der Waals surface area contributed by atoms with E-state index in [4.69, 9.17) is 0 Å². The second-order valence-corrected chi connectivity index (χ2v) is 4.22. The minimum atomic E-state index is 0.692. The molecule has 1 aliphatic rings. The van der Waals surface area contributed by atoms with Crippen LogP contribution in [-0.4, -0.2) is 17.5 Å². The lowest BCUT2D eigenvalue weighted by molar-refractivity contribution is 0.813. The van der Waals surface area contributed by atoms with Crippen LogP contribution in [0.1, 0.15) is 6.42 Å². The fraction of sp³-hybridized carbons (Fsp3) is 0.400. The van der Waals surface area contributed by atoms with Crippen molar-refractivity contribution in [1.82, 2.24) is 0 Å². The third-order valence-electron chi connectivity index (χ3n) is 2.07. The smallest absolute Gasteiger partial charge is 0.0359 e. The zero-order valence-electron chi connectivity index (χ0n) is 6.99. The maximum absolute atomic E-state index is 3.52. The lowest BCUT2D eigenvalue weighted by atomic mass is 10.2. The van der Waals surface area contributed by atoms with Gasteiger partial charge in [-0.05, 0) is 24.3 Å². The second-order valence-electron chi connectivity index (χ2n) is 3.07. The van der Waals surface area contributed by atoms with Crippen LogP contribution in [0.15, 0.2) is 30.3 Å². The van der Waals surface area contributed by atoms with Crippen LogP contribution in [0.2, 0.25) is 0 Å². The fourth-order valence-corrected chi connectivity index (χ4v) is 2.57. The number of thioether (sulfide) groups is 1. The molecule has 1 fully saturated rings. The quantitative estimate of drug-likeness (QED) is 0.749. The van der Waals surface area contributed by atoms with Gasteiger partial charge in [-0.3, -0.25) is 0 Å². The van der Waals surface area contributed by atoms with E-state index in [1.807, 2.05) is 11.8 Å². The molecule has 1 N–H and O–H groups in total. The number of hydrogen-bond donors (Lipinski definition) is 1. The fourth-order valence-electron chi connectivity index (χ4n) is 1.42. The summed E-state index contributed by atoms with van der Waals surface area (Å²) in [6.07, 6.45) is 1.31. The van der Waals surface area contributed by atoms with Gasteiger partial charge in [0.2, 0.25) is 0 Å². The predicted octanol–water partition coefficient (Wildman–Crippen LogP) is 2.60. The molecular formula is C10H13NS. The Bertz CT molecular complexity index is 229. The van der Waals surface area contributed by atoms with Gasteiger partial charge >= 0.3 is 0 Å². The Kier molecular flexibility index (Phi) is 2.57. The topological polar surface area (TPSA) is 12.0 Å². The van der Waals surface area contributed by atoms with Crippen molar-refractivity contribution in [2.75, 3.05) is 16.8 Å². The Hall–Kier alpha value is -0.630. The van der Waals surface area contributed by atoms with Crippen molar-refractivity contribution in [2.24, 2.45) is 0 Å². The molecule has 0 aromatic heterocycles. The van der Waals surface area contributed by atoms with Crippen LogP contribution in [0.5, 0.6) is 0 Å². The molecule has 12 heavy (non-hydrogen) atoms. The van der Waals surface area contributed by atoms with Gasteiger partial charge in [0.05, 0.1) is 0 Å². The Labute approximate surface area is 77.6 Å². The van der Waals surface area contributed by atoms with Crippen molar-refractivity contribution in [2.45, 2.75) is 12.5 Å². The van der Waals surface area contributed by atoms with E-state index in [9.17, 15) is 0 Å². The molecule has 0 aliphatic carbocycles. The summed E-state index contributed by atoms with van der Waals surface area (Å²) in [5.74, 6) is 2.57. The standard InChI is InChI=1S/C10H13NS/c1-2-4-9(5-3-1)11-10-6-7-12-8-10/h1-5,10-11H,6-8H2/t10-/m1/s1. The van der Waals surface area contributed by atoms with Gasteiger partial charge < -0.3 is 5.32 Å². The molecule has 1 atom stereocenters. The number of anilines is 1. The van der Waals surface area contributed by atoms with Gasteiger partial charge in [0.1, 0.15) is 0 Å². The van der Waals surface area contributed by atoms with E-state index in [1.165, 1.54) is 23.6 Å². The van der Waals surface area contributed by atoms with E-state index < -0.39 is 0 Å². The van der Waals surface area contributed by atoms with Crippen LogP contribution < -0.4 is 5.32 Å². The number of para-hydroxylation sites is 1. The van der Waals surface area contributed by atoms with E-state index in [2.05, 4.69) is 35.6 Å². The molecule has 1 aliphatic heterocycles. The maximum Gasteiger partial charge on any atom is 0.0359 e. The van der Waals surface area contributed by atoms with Crippen LogP contribution in [-0.2, 0) is 0 Å². The lowest BCUT2D eigenvalue weighted by Gasteiger charge is -2.11. The maximum atomic E-state index is 3.52. The van der Waals surface area contributed by atoms with Crippen LogP contribution >= 0.6 is 11.8 Å². The first-order chi connectivity index (χ1) is 5.95. The Morgan fingerprint density at radius 2 is 2.08 bits per heavy atom. The van der Waals surface area contributed by atoms with E-state index in [-0.39, 0.29) is 0 Å². The Morgan fingerprint density at radius 3 is 2.75 bits per heavy atom. The van der Waals surface area contributed by atoms with E-state index >= 15 is 0 Å². The molecule has 0 radical (unpaired) electrons. The summed E-state index contributed by atoms with van der Waals surface area (Å²) in [4.78, 5) is 0. The summed E-state index contributed by atoms with van der Waals surface area (Å²) in [6, 6.07) is 11.1. The van der Waals surface area contributed by atoms with Crippen LogP contribution in [0.25, 0.3) is 0 Å². The van der Waals surface area contributed by atoms with Gasteiger partial charge in [-0.2, -0.15) is 11.8 Å². The average Bonchev–Trinajstić information content (AvgIpc) is 2.59. The molecule has 0 bridgehead atoms. The second kappa shape index (κ2) is 3.85. The molecular weight excluding hydrogens is 166 g/mol. The summed E-state index contributed by atoms with van der Waals surface area (Å²) < 4.78 is 0. The molecule has 1 aromatic rings. The SMILES string of the molecule is c1ccc(N[C@@H]2CCSC2)cc1. The largest absolute Gasteiger partial charge is 0.381 e. The van der Waals surface area contributed by atoms with Gasteiger partial charge in [0, 0.05) is 17.5 Å². The van der Waals surface area contributed by atoms with E-state index in [0.717, 1.165) is 0 Å². The van der Waals surface area contributed by atoms with Crippen LogP contribution in [0, 0.1) is 0 Å². The lowest BCUT2D eigenvalue weighted by Crippen LogP contribution is -2.17. The van der Waals surface area contributed by atoms with Crippen molar-refractivity contribution in [3.05, 3.63) is 30.3 Å². The first kappa shape index (κ1) is 7.99. The third-order valence-corrected chi connectivity index (χ3v) is 3.24. The predicted molar refractivity (Wildman–Crippen MR) is 55.8 cm³/mol. The molecule has 64 valence electrons. The van der Waals surface area contributed by atoms with Crippen LogP contribution in [0.3, 0.4) is 0 Å². The first-order valence-electron chi connectivity index (χ1n) is 4.34. The highest BCUT2D eigenvalue weighted by atomic mass is 32.2. The van der Waals surface area contributed by atoms with Crippen molar-refractivity contribution >= 4 is 17.4 Å². The average molecular weight is 179 g/mol. The molecule has 0 unspecified atom stereocenters. The summed E-state index contributed by atoms with van der Waals surface area (Å²) in [5.41, 5.74) is 1.25. The minimum absolute atomic E-state index is 0.692. The summed E-state index contributed by atoms with van der Waals surface area (Å²) in [7, 11) is 0. The van der Waals surface area contributed by atoms with Crippen molar-refractivity contribution in [3.63, 3.8) is 0 Å². The number of rotatable bonds is 2. The Morgan fingerprint density at radius 1 is 1.25 bits per heavy atom. The van der Waals surface area contributed by atoms with E-state index in [0.29, 0.717) is 6.04 Å². The normalized spacial score (nSPS) is 22.5. The molecule has 0 spiro atoms. The summed E-state index contributed by atoms with van der Waals surface area (Å²) >= 11 is 2.04. The molecule has 1 heterocycles. The summed E-state index contributed by atoms with van der Waals surface area (Å²) in [6.45, 7) is 0. The van der Waals surface area contributed by atoms with Gasteiger partial charge in [0.15, 0.2) is 0 Å².